The maximum atomic E-state index is 12.5. The summed E-state index contributed by atoms with van der Waals surface area (Å²) in [6, 6.07) is -0.755. The molecule has 2 amide bonds. The van der Waals surface area contributed by atoms with E-state index in [4.69, 9.17) is 4.74 Å². The molecule has 1 saturated heterocycles. The fourth-order valence-electron chi connectivity index (χ4n) is 2.41. The van der Waals surface area contributed by atoms with Crippen molar-refractivity contribution in [2.24, 2.45) is 5.92 Å². The van der Waals surface area contributed by atoms with Gasteiger partial charge in [-0.2, -0.15) is 0 Å². The van der Waals surface area contributed by atoms with Gasteiger partial charge in [-0.15, -0.1) is 11.8 Å². The van der Waals surface area contributed by atoms with E-state index in [1.54, 1.807) is 11.8 Å². The van der Waals surface area contributed by atoms with Gasteiger partial charge in [-0.3, -0.25) is 14.8 Å². The van der Waals surface area contributed by atoms with Crippen LogP contribution in [0.15, 0.2) is 0 Å². The number of unbranched alkanes of at least 4 members (excludes halogenated alkanes) is 1. The third-order valence-electron chi connectivity index (χ3n) is 3.83. The molecule has 0 aliphatic carbocycles. The summed E-state index contributed by atoms with van der Waals surface area (Å²) >= 11 is 1.57. The fraction of sp³-hybridized carbons (Fsp3) is 0.800. The lowest BCUT2D eigenvalue weighted by Gasteiger charge is -2.31. The van der Waals surface area contributed by atoms with E-state index < -0.39 is 22.7 Å². The summed E-state index contributed by atoms with van der Waals surface area (Å²) in [6.45, 7) is 6.01. The minimum atomic E-state index is -0.755. The fourth-order valence-corrected chi connectivity index (χ4v) is 3.43. The molecule has 0 bridgehead atoms. The number of cyclic esters (lactones) is 1. The number of amides is 2. The molecule has 1 aliphatic rings. The number of nitrogens with one attached hydrogen (secondary N) is 1. The molecule has 0 aromatic carbocycles. The van der Waals surface area contributed by atoms with Gasteiger partial charge >= 0.3 is 5.97 Å². The molecule has 132 valence electrons. The van der Waals surface area contributed by atoms with Crippen molar-refractivity contribution < 1.29 is 24.3 Å². The zero-order chi connectivity index (χ0) is 17.5. The molecule has 0 aromatic rings. The Labute approximate surface area is 141 Å². The minimum absolute atomic E-state index is 0.0926. The summed E-state index contributed by atoms with van der Waals surface area (Å²) in [7, 11) is 0. The highest BCUT2D eigenvalue weighted by atomic mass is 32.2. The Balaban J connectivity index is 2.81. The van der Waals surface area contributed by atoms with Crippen LogP contribution < -0.4 is 5.32 Å². The van der Waals surface area contributed by atoms with E-state index in [1.807, 2.05) is 20.8 Å². The molecule has 8 heteroatoms. The first-order valence-electron chi connectivity index (χ1n) is 7.83. The number of carbonyl (C=O) groups is 3. The number of thioether (sulfide) groups is 1. The van der Waals surface area contributed by atoms with Crippen LogP contribution in [-0.2, 0) is 19.1 Å². The predicted molar refractivity (Wildman–Crippen MR) is 87.0 cm³/mol. The lowest BCUT2D eigenvalue weighted by Crippen LogP contribution is -2.54. The van der Waals surface area contributed by atoms with Gasteiger partial charge in [-0.25, -0.2) is 9.86 Å². The van der Waals surface area contributed by atoms with Crippen molar-refractivity contribution in [3.05, 3.63) is 0 Å². The average Bonchev–Trinajstić information content (AvgIpc) is 2.63. The van der Waals surface area contributed by atoms with Gasteiger partial charge in [0.15, 0.2) is 0 Å². The Kier molecular flexibility index (Phi) is 7.84. The average molecular weight is 346 g/mol. The summed E-state index contributed by atoms with van der Waals surface area (Å²) in [5.41, 5.74) is 0. The summed E-state index contributed by atoms with van der Waals surface area (Å²) in [4.78, 5) is 35.2. The zero-order valence-corrected chi connectivity index (χ0v) is 14.7. The first kappa shape index (κ1) is 19.8. The van der Waals surface area contributed by atoms with Gasteiger partial charge in [0.2, 0.25) is 12.3 Å². The second-order valence-corrected chi connectivity index (χ2v) is 7.88. The van der Waals surface area contributed by atoms with E-state index in [0.29, 0.717) is 23.8 Å². The van der Waals surface area contributed by atoms with Crippen LogP contribution in [-0.4, -0.2) is 58.3 Å². The molecule has 2 N–H and O–H groups in total. The quantitative estimate of drug-likeness (QED) is 0.297. The molecular weight excluding hydrogens is 320 g/mol. The van der Waals surface area contributed by atoms with Gasteiger partial charge in [0.05, 0.1) is 12.5 Å². The summed E-state index contributed by atoms with van der Waals surface area (Å²) in [5, 5.41) is 12.6. The van der Waals surface area contributed by atoms with Gasteiger partial charge in [-0.05, 0) is 20.3 Å². The Morgan fingerprint density at radius 2 is 2.30 bits per heavy atom. The monoisotopic (exact) mass is 346 g/mol. The molecule has 2 atom stereocenters. The van der Waals surface area contributed by atoms with Crippen molar-refractivity contribution in [2.75, 3.05) is 18.9 Å². The lowest BCUT2D eigenvalue weighted by atomic mass is 9.98. The Morgan fingerprint density at radius 1 is 1.61 bits per heavy atom. The Morgan fingerprint density at radius 3 is 2.91 bits per heavy atom. The van der Waals surface area contributed by atoms with E-state index in [-0.39, 0.29) is 18.9 Å². The molecule has 1 rings (SSSR count). The number of hydroxylamine groups is 2. The number of esters is 1. The van der Waals surface area contributed by atoms with Crippen LogP contribution in [0.5, 0.6) is 0 Å². The van der Waals surface area contributed by atoms with Crippen LogP contribution in [0, 0.1) is 5.92 Å². The van der Waals surface area contributed by atoms with Crippen molar-refractivity contribution in [1.29, 1.82) is 0 Å². The number of nitrogens with zero attached hydrogens (tertiary/aromatic N) is 1. The van der Waals surface area contributed by atoms with Crippen molar-refractivity contribution in [3.8, 4) is 0 Å². The maximum absolute atomic E-state index is 12.5. The van der Waals surface area contributed by atoms with Crippen molar-refractivity contribution >= 4 is 30.0 Å². The van der Waals surface area contributed by atoms with Crippen LogP contribution in [0.1, 0.15) is 40.0 Å². The Bertz CT molecular complexity index is 430. The number of carbonyl (C=O) groups excluding carboxylic acids is 3. The van der Waals surface area contributed by atoms with Gasteiger partial charge < -0.3 is 10.1 Å². The number of hydrogen-bond donors (Lipinski definition) is 2. The smallest absolute Gasteiger partial charge is 0.330 e. The minimum Gasteiger partial charge on any atom is -0.463 e. The molecule has 0 spiro atoms. The Hall–Kier alpha value is -1.28. The highest BCUT2D eigenvalue weighted by molar-refractivity contribution is 8.00. The maximum Gasteiger partial charge on any atom is 0.330 e. The number of ether oxygens (including phenoxy) is 1. The van der Waals surface area contributed by atoms with E-state index in [9.17, 15) is 19.6 Å². The van der Waals surface area contributed by atoms with Crippen LogP contribution >= 0.6 is 11.8 Å². The molecule has 1 aliphatic heterocycles. The molecule has 2 unspecified atom stereocenters. The van der Waals surface area contributed by atoms with Crippen molar-refractivity contribution in [1.82, 2.24) is 10.4 Å². The van der Waals surface area contributed by atoms with Crippen molar-refractivity contribution in [3.63, 3.8) is 0 Å². The zero-order valence-electron chi connectivity index (χ0n) is 13.9. The molecule has 1 heterocycles. The number of hydrogen-bond acceptors (Lipinski definition) is 6. The SMILES string of the molecule is CCCCC(CN(O)C=O)C(=O)NC1C(=O)OCCSC1(C)C. The van der Waals surface area contributed by atoms with Gasteiger partial charge in [0, 0.05) is 10.5 Å². The third-order valence-corrected chi connectivity index (χ3v) is 5.18. The van der Waals surface area contributed by atoms with Crippen molar-refractivity contribution in [2.45, 2.75) is 50.8 Å². The highest BCUT2D eigenvalue weighted by Crippen LogP contribution is 2.31. The van der Waals surface area contributed by atoms with Gasteiger partial charge in [-0.1, -0.05) is 19.8 Å². The van der Waals surface area contributed by atoms with E-state index >= 15 is 0 Å². The summed E-state index contributed by atoms with van der Waals surface area (Å²) in [6.07, 6.45) is 2.48. The number of rotatable bonds is 8. The molecule has 0 radical (unpaired) electrons. The van der Waals surface area contributed by atoms with E-state index in [0.717, 1.165) is 12.8 Å². The van der Waals surface area contributed by atoms with Crippen LogP contribution in [0.3, 0.4) is 0 Å². The lowest BCUT2D eigenvalue weighted by molar-refractivity contribution is -0.156. The van der Waals surface area contributed by atoms with Crippen LogP contribution in [0.4, 0.5) is 0 Å². The van der Waals surface area contributed by atoms with Crippen LogP contribution in [0.2, 0.25) is 0 Å². The first-order chi connectivity index (χ1) is 10.8. The molecule has 0 saturated carbocycles. The molecule has 23 heavy (non-hydrogen) atoms. The predicted octanol–water partition coefficient (Wildman–Crippen LogP) is 1.19. The first-order valence-corrected chi connectivity index (χ1v) is 8.82. The second-order valence-electron chi connectivity index (χ2n) is 6.13. The standard InChI is InChI=1S/C15H26N2O5S/c1-4-5-6-11(9-17(21)10-18)13(19)16-12-14(20)22-7-8-23-15(12,2)3/h10-12,21H,4-9H2,1-3H3,(H,16,19). The van der Waals surface area contributed by atoms with E-state index in [1.165, 1.54) is 0 Å². The topological polar surface area (TPSA) is 95.9 Å². The molecular formula is C15H26N2O5S. The van der Waals surface area contributed by atoms with E-state index in [2.05, 4.69) is 5.32 Å². The van der Waals surface area contributed by atoms with Crippen LogP contribution in [0.25, 0.3) is 0 Å². The molecule has 1 fully saturated rings. The largest absolute Gasteiger partial charge is 0.463 e. The summed E-state index contributed by atoms with van der Waals surface area (Å²) < 4.78 is 4.64. The molecule has 7 nitrogen and oxygen atoms in total. The summed E-state index contributed by atoms with van der Waals surface area (Å²) in [5.74, 6) is -0.683. The highest BCUT2D eigenvalue weighted by Gasteiger charge is 2.41. The molecule has 0 aromatic heterocycles. The van der Waals surface area contributed by atoms with Gasteiger partial charge in [0.1, 0.15) is 12.6 Å². The van der Waals surface area contributed by atoms with Gasteiger partial charge in [0.25, 0.3) is 0 Å². The second kappa shape index (κ2) is 9.12. The normalized spacial score (nSPS) is 21.7. The third kappa shape index (κ3) is 6.02.